The van der Waals surface area contributed by atoms with Crippen molar-refractivity contribution in [3.05, 3.63) is 23.0 Å². The van der Waals surface area contributed by atoms with E-state index in [2.05, 4.69) is 18.4 Å². The number of nitrogens with zero attached hydrogens (tertiary/aromatic N) is 1. The maximum Gasteiger partial charge on any atom is 0.151 e. The first-order chi connectivity index (χ1) is 7.66. The van der Waals surface area contributed by atoms with Gasteiger partial charge in [0, 0.05) is 23.5 Å². The first-order valence-corrected chi connectivity index (χ1v) is 6.28. The summed E-state index contributed by atoms with van der Waals surface area (Å²) in [6.45, 7) is 5.33. The average molecular weight is 217 g/mol. The molecule has 2 fully saturated rings. The van der Waals surface area contributed by atoms with Gasteiger partial charge in [-0.05, 0) is 56.9 Å². The zero-order valence-corrected chi connectivity index (χ0v) is 10.1. The van der Waals surface area contributed by atoms with E-state index in [9.17, 15) is 4.79 Å². The van der Waals surface area contributed by atoms with E-state index >= 15 is 0 Å². The van der Waals surface area contributed by atoms with Gasteiger partial charge in [-0.2, -0.15) is 0 Å². The van der Waals surface area contributed by atoms with Crippen molar-refractivity contribution < 1.29 is 4.79 Å². The molecule has 2 heteroatoms. The Hall–Kier alpha value is -1.05. The molecule has 16 heavy (non-hydrogen) atoms. The van der Waals surface area contributed by atoms with E-state index in [0.29, 0.717) is 5.41 Å². The lowest BCUT2D eigenvalue weighted by molar-refractivity contribution is 0.112. The molecule has 0 aromatic carbocycles. The number of rotatable bonds is 4. The van der Waals surface area contributed by atoms with Crippen LogP contribution in [-0.2, 0) is 6.54 Å². The maximum absolute atomic E-state index is 10.9. The molecule has 0 unspecified atom stereocenters. The first kappa shape index (κ1) is 10.1. The molecule has 1 aromatic heterocycles. The highest BCUT2D eigenvalue weighted by atomic mass is 16.1. The van der Waals surface area contributed by atoms with Crippen molar-refractivity contribution in [1.29, 1.82) is 0 Å². The van der Waals surface area contributed by atoms with Gasteiger partial charge in [0.15, 0.2) is 6.29 Å². The van der Waals surface area contributed by atoms with Gasteiger partial charge < -0.3 is 4.57 Å². The van der Waals surface area contributed by atoms with E-state index in [4.69, 9.17) is 0 Å². The van der Waals surface area contributed by atoms with Crippen LogP contribution in [0.15, 0.2) is 6.07 Å². The van der Waals surface area contributed by atoms with E-state index in [1.54, 1.807) is 0 Å². The molecule has 0 amide bonds. The van der Waals surface area contributed by atoms with Gasteiger partial charge in [0.25, 0.3) is 0 Å². The van der Waals surface area contributed by atoms with Crippen molar-refractivity contribution in [3.8, 4) is 0 Å². The van der Waals surface area contributed by atoms with Crippen LogP contribution in [0.1, 0.15) is 47.4 Å². The predicted octanol–water partition coefficient (Wildman–Crippen LogP) is 3.11. The van der Waals surface area contributed by atoms with Crippen LogP contribution >= 0.6 is 0 Å². The summed E-state index contributed by atoms with van der Waals surface area (Å²) in [5, 5.41) is 0. The van der Waals surface area contributed by atoms with Gasteiger partial charge in [-0.3, -0.25) is 4.79 Å². The number of aromatic nitrogens is 1. The molecule has 2 aliphatic rings. The fourth-order valence-corrected chi connectivity index (χ4v) is 3.06. The largest absolute Gasteiger partial charge is 0.348 e. The summed E-state index contributed by atoms with van der Waals surface area (Å²) in [5.74, 6) is 0.980. The van der Waals surface area contributed by atoms with Crippen LogP contribution < -0.4 is 0 Å². The minimum Gasteiger partial charge on any atom is -0.348 e. The Balaban J connectivity index is 1.89. The summed E-state index contributed by atoms with van der Waals surface area (Å²) in [5.41, 5.74) is 3.87. The molecule has 2 nitrogen and oxygen atoms in total. The number of carbonyl (C=O) groups excluding carboxylic acids is 1. The summed E-state index contributed by atoms with van der Waals surface area (Å²) in [6.07, 6.45) is 6.63. The molecule has 0 spiro atoms. The molecule has 0 bridgehead atoms. The monoisotopic (exact) mass is 217 g/mol. The van der Waals surface area contributed by atoms with Crippen molar-refractivity contribution in [2.45, 2.75) is 46.1 Å². The summed E-state index contributed by atoms with van der Waals surface area (Å²) >= 11 is 0. The lowest BCUT2D eigenvalue weighted by Gasteiger charge is -2.18. The standard InChI is InChI=1S/C14H19NO/c1-10-7-12(8-16)11(2)15(10)9-14(5-6-14)13-3-4-13/h7-8,13H,3-6,9H2,1-2H3. The molecule has 1 aromatic rings. The van der Waals surface area contributed by atoms with Gasteiger partial charge in [0.1, 0.15) is 0 Å². The highest BCUT2D eigenvalue weighted by molar-refractivity contribution is 5.77. The molecule has 3 rings (SSSR count). The number of hydrogen-bond donors (Lipinski definition) is 0. The molecule has 0 N–H and O–H groups in total. The Bertz CT molecular complexity index is 436. The minimum atomic E-state index is 0.606. The Morgan fingerprint density at radius 2 is 2.12 bits per heavy atom. The summed E-state index contributed by atoms with van der Waals surface area (Å²) in [6, 6.07) is 2.02. The molecule has 2 aliphatic carbocycles. The topological polar surface area (TPSA) is 22.0 Å². The van der Waals surface area contributed by atoms with Crippen LogP contribution in [-0.4, -0.2) is 10.9 Å². The lowest BCUT2D eigenvalue weighted by Crippen LogP contribution is -2.16. The average Bonchev–Trinajstić information content (AvgIpc) is 3.13. The molecule has 1 heterocycles. The van der Waals surface area contributed by atoms with Crippen molar-refractivity contribution >= 4 is 6.29 Å². The summed E-state index contributed by atoms with van der Waals surface area (Å²) < 4.78 is 2.36. The van der Waals surface area contributed by atoms with Gasteiger partial charge >= 0.3 is 0 Å². The number of carbonyl (C=O) groups is 1. The zero-order chi connectivity index (χ0) is 11.3. The summed E-state index contributed by atoms with van der Waals surface area (Å²) in [7, 11) is 0. The SMILES string of the molecule is Cc1cc(C=O)c(C)n1CC1(C2CC2)CC1. The lowest BCUT2D eigenvalue weighted by atomic mass is 10.0. The second-order valence-corrected chi connectivity index (χ2v) is 5.67. The third-order valence-corrected chi connectivity index (χ3v) is 4.55. The van der Waals surface area contributed by atoms with Crippen LogP contribution in [0.4, 0.5) is 0 Å². The number of aryl methyl sites for hydroxylation is 1. The van der Waals surface area contributed by atoms with Gasteiger partial charge in [0.05, 0.1) is 0 Å². The van der Waals surface area contributed by atoms with E-state index in [0.717, 1.165) is 30.0 Å². The fraction of sp³-hybridized carbons (Fsp3) is 0.643. The van der Waals surface area contributed by atoms with E-state index in [1.165, 1.54) is 31.4 Å². The number of aldehydes is 1. The number of hydrogen-bond acceptors (Lipinski definition) is 1. The Morgan fingerprint density at radius 3 is 2.56 bits per heavy atom. The van der Waals surface area contributed by atoms with E-state index in [1.807, 2.05) is 6.07 Å². The van der Waals surface area contributed by atoms with E-state index in [-0.39, 0.29) is 0 Å². The smallest absolute Gasteiger partial charge is 0.151 e. The molecule has 0 radical (unpaired) electrons. The predicted molar refractivity (Wildman–Crippen MR) is 63.7 cm³/mol. The molecule has 0 saturated heterocycles. The normalized spacial score (nSPS) is 22.1. The van der Waals surface area contributed by atoms with Crippen molar-refractivity contribution in [1.82, 2.24) is 4.57 Å². The van der Waals surface area contributed by atoms with Crippen LogP contribution in [0.2, 0.25) is 0 Å². The minimum absolute atomic E-state index is 0.606. The van der Waals surface area contributed by atoms with Gasteiger partial charge in [0.2, 0.25) is 0 Å². The summed E-state index contributed by atoms with van der Waals surface area (Å²) in [4.78, 5) is 10.9. The van der Waals surface area contributed by atoms with Crippen molar-refractivity contribution in [2.75, 3.05) is 0 Å². The van der Waals surface area contributed by atoms with Crippen LogP contribution in [0.3, 0.4) is 0 Å². The highest BCUT2D eigenvalue weighted by Crippen LogP contribution is 2.62. The molecule has 86 valence electrons. The highest BCUT2D eigenvalue weighted by Gasteiger charge is 2.53. The molecular weight excluding hydrogens is 198 g/mol. The van der Waals surface area contributed by atoms with Crippen LogP contribution in [0, 0.1) is 25.2 Å². The molecular formula is C14H19NO. The maximum atomic E-state index is 10.9. The zero-order valence-electron chi connectivity index (χ0n) is 10.1. The molecule has 0 atom stereocenters. The van der Waals surface area contributed by atoms with E-state index < -0.39 is 0 Å². The third-order valence-electron chi connectivity index (χ3n) is 4.55. The third kappa shape index (κ3) is 1.43. The molecule has 0 aliphatic heterocycles. The van der Waals surface area contributed by atoms with Gasteiger partial charge in [-0.15, -0.1) is 0 Å². The second kappa shape index (κ2) is 3.22. The Labute approximate surface area is 96.6 Å². The first-order valence-electron chi connectivity index (χ1n) is 6.28. The van der Waals surface area contributed by atoms with Gasteiger partial charge in [-0.1, -0.05) is 0 Å². The quantitative estimate of drug-likeness (QED) is 0.710. The van der Waals surface area contributed by atoms with Crippen molar-refractivity contribution in [2.24, 2.45) is 11.3 Å². The Morgan fingerprint density at radius 1 is 1.44 bits per heavy atom. The fourth-order valence-electron chi connectivity index (χ4n) is 3.06. The Kier molecular flexibility index (Phi) is 2.04. The van der Waals surface area contributed by atoms with Crippen LogP contribution in [0.5, 0.6) is 0 Å². The molecule has 2 saturated carbocycles. The second-order valence-electron chi connectivity index (χ2n) is 5.67. The van der Waals surface area contributed by atoms with Crippen molar-refractivity contribution in [3.63, 3.8) is 0 Å². The van der Waals surface area contributed by atoms with Gasteiger partial charge in [-0.25, -0.2) is 0 Å². The van der Waals surface area contributed by atoms with Crippen LogP contribution in [0.25, 0.3) is 0 Å².